The quantitative estimate of drug-likeness (QED) is 0.134. The molecule has 0 bridgehead atoms. The van der Waals surface area contributed by atoms with Gasteiger partial charge >= 0.3 is 0 Å². The van der Waals surface area contributed by atoms with Crippen molar-refractivity contribution in [2.45, 2.75) is 0 Å². The normalized spacial score (nSPS) is 11.3. The SMILES string of the molecule is N#Cc1ccc(-n2c3ccccc3c3ccc(-c4cccc(-n5c6ccccc6c6ccccc65)c4)cc32)cc1.[C-]#[N+]c1cccc(-n2c3ccccc3c3ccc(-c4cccc(-n5c6ccccc6c6cc(C#N)ccc65)c4)cc32)c1.[C-]#[N+]c1ccccc1-n1c2ccccc2c2ccc(-c3cccc(-n4c5ccccc5c5cc(C#N)ccc54)c3)cc21. The van der Waals surface area contributed by atoms with E-state index in [9.17, 15) is 15.8 Å². The second kappa shape index (κ2) is 30.0. The molecule has 6 aromatic heterocycles. The average Bonchev–Trinajstić information content (AvgIpc) is 1.61. The Morgan fingerprint density at radius 2 is 0.468 bits per heavy atom. The first kappa shape index (κ1) is 72.7. The van der Waals surface area contributed by atoms with Crippen molar-refractivity contribution >= 4 is 142 Å². The molecule has 0 atom stereocenters. The molecule has 124 heavy (non-hydrogen) atoms. The minimum Gasteiger partial charge on any atom is -0.319 e. The van der Waals surface area contributed by atoms with Crippen molar-refractivity contribution < 1.29 is 0 Å². The number of nitriles is 3. The predicted molar refractivity (Wildman–Crippen MR) is 508 cm³/mol. The van der Waals surface area contributed by atoms with Crippen LogP contribution in [0.15, 0.2) is 406 Å². The summed E-state index contributed by atoms with van der Waals surface area (Å²) < 4.78 is 13.7. The summed E-state index contributed by atoms with van der Waals surface area (Å²) in [6, 6.07) is 147. The highest BCUT2D eigenvalue weighted by Crippen LogP contribution is 2.44. The van der Waals surface area contributed by atoms with E-state index in [1.807, 2.05) is 121 Å². The summed E-state index contributed by atoms with van der Waals surface area (Å²) in [5.74, 6) is 0. The molecule has 0 amide bonds. The van der Waals surface area contributed by atoms with Crippen molar-refractivity contribution in [1.82, 2.24) is 27.4 Å². The maximum atomic E-state index is 9.53. The van der Waals surface area contributed by atoms with Gasteiger partial charge < -0.3 is 27.4 Å². The molecule has 0 aliphatic carbocycles. The minimum absolute atomic E-state index is 0.621. The highest BCUT2D eigenvalue weighted by atomic mass is 15.0. The molecule has 0 saturated heterocycles. The van der Waals surface area contributed by atoms with Crippen LogP contribution in [0.5, 0.6) is 0 Å². The molecule has 11 nitrogen and oxygen atoms in total. The van der Waals surface area contributed by atoms with Crippen molar-refractivity contribution in [2.24, 2.45) is 0 Å². The summed E-state index contributed by atoms with van der Waals surface area (Å²) in [5, 5.41) is 42.4. The van der Waals surface area contributed by atoms with Crippen molar-refractivity contribution in [3.05, 3.63) is 446 Å². The van der Waals surface area contributed by atoms with E-state index < -0.39 is 0 Å². The first-order chi connectivity index (χ1) is 61.3. The van der Waals surface area contributed by atoms with Crippen LogP contribution in [0.4, 0.5) is 11.4 Å². The maximum Gasteiger partial charge on any atom is 0.210 e. The lowest BCUT2D eigenvalue weighted by Crippen LogP contribution is -1.95. The van der Waals surface area contributed by atoms with Crippen LogP contribution >= 0.6 is 0 Å². The lowest BCUT2D eigenvalue weighted by atomic mass is 10.0. The van der Waals surface area contributed by atoms with Gasteiger partial charge in [0.15, 0.2) is 5.69 Å². The molecule has 0 N–H and O–H groups in total. The first-order valence-electron chi connectivity index (χ1n) is 41.0. The molecular weight excluding hydrogens is 1510 g/mol. The Morgan fingerprint density at radius 3 is 0.839 bits per heavy atom. The van der Waals surface area contributed by atoms with E-state index in [1.54, 1.807) is 0 Å². The zero-order valence-corrected chi connectivity index (χ0v) is 66.6. The smallest absolute Gasteiger partial charge is 0.210 e. The fraction of sp³-hybridized carbons (Fsp3) is 0. The zero-order valence-electron chi connectivity index (χ0n) is 66.6. The molecule has 24 aromatic rings. The van der Waals surface area contributed by atoms with Crippen LogP contribution in [0.2, 0.25) is 0 Å². The maximum absolute atomic E-state index is 9.53. The largest absolute Gasteiger partial charge is 0.319 e. The number of fused-ring (bicyclic) bond motifs is 18. The van der Waals surface area contributed by atoms with Crippen LogP contribution in [0.25, 0.3) is 208 Å². The van der Waals surface area contributed by atoms with Gasteiger partial charge in [0.25, 0.3) is 0 Å². The van der Waals surface area contributed by atoms with Crippen molar-refractivity contribution in [1.29, 1.82) is 15.8 Å². The van der Waals surface area contributed by atoms with Gasteiger partial charge in [0.1, 0.15) is 0 Å². The molecule has 6 heterocycles. The summed E-state index contributed by atoms with van der Waals surface area (Å²) in [4.78, 5) is 7.50. The number of para-hydroxylation sites is 9. The highest BCUT2D eigenvalue weighted by molar-refractivity contribution is 6.16. The highest BCUT2D eigenvalue weighted by Gasteiger charge is 2.22. The summed E-state index contributed by atoms with van der Waals surface area (Å²) in [5.41, 5.74) is 29.5. The number of benzene rings is 18. The van der Waals surface area contributed by atoms with Gasteiger partial charge in [-0.2, -0.15) is 15.8 Å². The van der Waals surface area contributed by atoms with Gasteiger partial charge in [-0.25, -0.2) is 9.69 Å². The number of nitrogens with zero attached hydrogens (tertiary/aromatic N) is 11. The van der Waals surface area contributed by atoms with Gasteiger partial charge in [-0.3, -0.25) is 0 Å². The lowest BCUT2D eigenvalue weighted by molar-refractivity contribution is 1.18. The molecule has 24 rings (SSSR count). The van der Waals surface area contributed by atoms with Gasteiger partial charge in [-0.15, -0.1) is 0 Å². The summed E-state index contributed by atoms with van der Waals surface area (Å²) in [6.07, 6.45) is 0. The number of rotatable bonds is 9. The van der Waals surface area contributed by atoms with E-state index in [-0.39, 0.29) is 0 Å². The number of hydrogen-bond donors (Lipinski definition) is 0. The van der Waals surface area contributed by atoms with Gasteiger partial charge in [-0.1, -0.05) is 231 Å². The van der Waals surface area contributed by atoms with Crippen LogP contribution in [0, 0.1) is 47.1 Å². The van der Waals surface area contributed by atoms with E-state index in [0.717, 1.165) is 155 Å². The standard InChI is InChI=1S/2C38H22N4.C37H23N3/c1-40-33-13-4-7-16-37(33)42-35-15-6-2-11-29(35)31-19-18-27(23-38(31)42)26-9-8-10-28(22-26)41-34-14-5-3-12-30(34)32-21-25(24-39)17-20-36(32)41;1-40-28-9-7-11-30(23-28)42-35-14-4-2-12-31(35)33-18-17-27(22-38(33)42)26-8-6-10-29(21-26)41-36-15-5-3-13-32(36)34-20-25(24-39)16-19-37(34)41;38-24-25-16-19-28(20-17-25)39-34-13-4-3-12-32(34)33-21-18-27(23-37(33)39)26-8-7-9-29(22-26)40-35-14-5-1-10-30(35)31-11-2-6-15-36(31)40/h2*2-23H;1-23H. The van der Waals surface area contributed by atoms with Crippen LogP contribution in [0.3, 0.4) is 0 Å². The Balaban J connectivity index is 0.000000111. The third kappa shape index (κ3) is 12.1. The van der Waals surface area contributed by atoms with E-state index in [1.165, 1.54) is 43.4 Å². The van der Waals surface area contributed by atoms with Crippen LogP contribution in [-0.2, 0) is 0 Å². The molecule has 574 valence electrons. The van der Waals surface area contributed by atoms with Gasteiger partial charge in [0.05, 0.1) is 120 Å². The number of aromatic nitrogens is 6. The fourth-order valence-corrected chi connectivity index (χ4v) is 18.7. The Labute approximate surface area is 712 Å². The van der Waals surface area contributed by atoms with Gasteiger partial charge in [0.2, 0.25) is 5.69 Å². The van der Waals surface area contributed by atoms with Crippen molar-refractivity contribution in [3.8, 4) is 85.7 Å². The third-order valence-corrected chi connectivity index (χ3v) is 24.2. The molecule has 0 aliphatic rings. The summed E-state index contributed by atoms with van der Waals surface area (Å²) >= 11 is 0. The summed E-state index contributed by atoms with van der Waals surface area (Å²) in [7, 11) is 0. The lowest BCUT2D eigenvalue weighted by Gasteiger charge is -2.12. The zero-order chi connectivity index (χ0) is 83.0. The predicted octanol–water partition coefficient (Wildman–Crippen LogP) is 29.4. The monoisotopic (exact) mass is 1580 g/mol. The van der Waals surface area contributed by atoms with Crippen LogP contribution < -0.4 is 0 Å². The molecule has 0 aliphatic heterocycles. The molecule has 11 heteroatoms. The van der Waals surface area contributed by atoms with E-state index >= 15 is 0 Å². The van der Waals surface area contributed by atoms with Gasteiger partial charge in [-0.05, 0) is 209 Å². The second-order valence-corrected chi connectivity index (χ2v) is 31.1. The Bertz CT molecular complexity index is 8730. The van der Waals surface area contributed by atoms with E-state index in [4.69, 9.17) is 13.1 Å². The molecular formula is C113H67N11. The first-order valence-corrected chi connectivity index (χ1v) is 41.0. The fourth-order valence-electron chi connectivity index (χ4n) is 18.7. The summed E-state index contributed by atoms with van der Waals surface area (Å²) in [6.45, 7) is 15.3. The topological polar surface area (TPSA) is 110 Å². The Hall–Kier alpha value is -17.8. The minimum atomic E-state index is 0.621. The van der Waals surface area contributed by atoms with Crippen molar-refractivity contribution in [2.75, 3.05) is 0 Å². The molecule has 18 aromatic carbocycles. The average molecular weight is 1580 g/mol. The number of hydrogen-bond acceptors (Lipinski definition) is 3. The van der Waals surface area contributed by atoms with Crippen LogP contribution in [0.1, 0.15) is 16.7 Å². The second-order valence-electron chi connectivity index (χ2n) is 31.1. The van der Waals surface area contributed by atoms with E-state index in [0.29, 0.717) is 28.1 Å². The molecule has 0 unspecified atom stereocenters. The Kier molecular flexibility index (Phi) is 17.6. The Morgan fingerprint density at radius 1 is 0.185 bits per heavy atom. The van der Waals surface area contributed by atoms with Crippen LogP contribution in [-0.4, -0.2) is 27.4 Å². The van der Waals surface area contributed by atoms with Crippen molar-refractivity contribution in [3.63, 3.8) is 0 Å². The van der Waals surface area contributed by atoms with E-state index in [2.05, 4.69) is 340 Å². The molecule has 0 saturated carbocycles. The molecule has 0 fully saturated rings. The molecule has 0 spiro atoms. The molecule has 0 radical (unpaired) electrons. The third-order valence-electron chi connectivity index (χ3n) is 24.2. The van der Waals surface area contributed by atoms with Gasteiger partial charge in [0, 0.05) is 93.1 Å².